The maximum atomic E-state index is 12.4. The average molecular weight is 381 g/mol. The summed E-state index contributed by atoms with van der Waals surface area (Å²) in [6.45, 7) is 7.84. The number of ether oxygens (including phenoxy) is 1. The molecule has 0 spiro atoms. The fourth-order valence-electron chi connectivity index (χ4n) is 2.75. The van der Waals surface area contributed by atoms with Crippen LogP contribution in [0.4, 0.5) is 4.79 Å². The molecule has 7 heteroatoms. The Morgan fingerprint density at radius 3 is 2.58 bits per heavy atom. The molecule has 142 valence electrons. The maximum absolute atomic E-state index is 12.4. The van der Waals surface area contributed by atoms with E-state index in [1.807, 2.05) is 6.92 Å². The molecule has 6 nitrogen and oxygen atoms in total. The van der Waals surface area contributed by atoms with Gasteiger partial charge in [-0.05, 0) is 45.4 Å². The molecule has 0 saturated carbocycles. The van der Waals surface area contributed by atoms with Gasteiger partial charge in [0, 0.05) is 18.1 Å². The Balaban J connectivity index is 2.32. The smallest absolute Gasteiger partial charge is 0.418 e. The minimum Gasteiger partial charge on any atom is -0.443 e. The van der Waals surface area contributed by atoms with Gasteiger partial charge in [-0.25, -0.2) is 4.79 Å². The van der Waals surface area contributed by atoms with Gasteiger partial charge in [-0.3, -0.25) is 9.36 Å². The van der Waals surface area contributed by atoms with Crippen molar-refractivity contribution >= 4 is 34.5 Å². The first-order valence-corrected chi connectivity index (χ1v) is 9.06. The quantitative estimate of drug-likeness (QED) is 0.805. The van der Waals surface area contributed by atoms with E-state index >= 15 is 0 Å². The van der Waals surface area contributed by atoms with Crippen molar-refractivity contribution in [3.8, 4) is 0 Å². The van der Waals surface area contributed by atoms with Crippen molar-refractivity contribution in [3.63, 3.8) is 0 Å². The van der Waals surface area contributed by atoms with Gasteiger partial charge in [-0.2, -0.15) is 0 Å². The Hall–Kier alpha value is -2.05. The van der Waals surface area contributed by atoms with Crippen LogP contribution in [0.5, 0.6) is 0 Å². The molecule has 1 aromatic heterocycles. The number of aliphatic hydroxyl groups is 1. The van der Waals surface area contributed by atoms with E-state index in [0.29, 0.717) is 17.6 Å². The SMILES string of the molecule is CCN(CC(O)c1cccc2c1ccn2C(=O)OC(C)(C)C)C(=O)CCl. The number of rotatable bonds is 5. The van der Waals surface area contributed by atoms with Crippen LogP contribution in [0.3, 0.4) is 0 Å². The molecule has 0 saturated heterocycles. The Labute approximate surface area is 158 Å². The summed E-state index contributed by atoms with van der Waals surface area (Å²) in [6.07, 6.45) is 0.253. The molecule has 0 bridgehead atoms. The van der Waals surface area contributed by atoms with Crippen LogP contribution in [0.15, 0.2) is 30.5 Å². The van der Waals surface area contributed by atoms with E-state index in [-0.39, 0.29) is 18.3 Å². The Kier molecular flexibility index (Phi) is 6.31. The number of hydrogen-bond donors (Lipinski definition) is 1. The van der Waals surface area contributed by atoms with E-state index < -0.39 is 17.8 Å². The van der Waals surface area contributed by atoms with Gasteiger partial charge in [0.05, 0.1) is 18.2 Å². The van der Waals surface area contributed by atoms with Gasteiger partial charge >= 0.3 is 6.09 Å². The van der Waals surface area contributed by atoms with Crippen LogP contribution in [0, 0.1) is 0 Å². The van der Waals surface area contributed by atoms with E-state index in [4.69, 9.17) is 16.3 Å². The highest BCUT2D eigenvalue weighted by Gasteiger charge is 2.22. The Morgan fingerprint density at radius 2 is 2.00 bits per heavy atom. The van der Waals surface area contributed by atoms with Crippen molar-refractivity contribution in [1.82, 2.24) is 9.47 Å². The molecule has 1 unspecified atom stereocenters. The summed E-state index contributed by atoms with van der Waals surface area (Å²) >= 11 is 5.61. The van der Waals surface area contributed by atoms with Crippen LogP contribution in [0.1, 0.15) is 39.4 Å². The lowest BCUT2D eigenvalue weighted by Gasteiger charge is -2.24. The summed E-state index contributed by atoms with van der Waals surface area (Å²) < 4.78 is 6.83. The van der Waals surface area contributed by atoms with Crippen molar-refractivity contribution in [2.45, 2.75) is 39.4 Å². The summed E-state index contributed by atoms with van der Waals surface area (Å²) in [4.78, 5) is 25.7. The topological polar surface area (TPSA) is 71.8 Å². The average Bonchev–Trinajstić information content (AvgIpc) is 3.01. The number of likely N-dealkylation sites (N-methyl/N-ethyl adjacent to an activating group) is 1. The lowest BCUT2D eigenvalue weighted by molar-refractivity contribution is -0.129. The molecule has 2 aromatic rings. The zero-order chi connectivity index (χ0) is 19.5. The number of nitrogens with zero attached hydrogens (tertiary/aromatic N) is 2. The molecule has 1 aromatic carbocycles. The van der Waals surface area contributed by atoms with Gasteiger partial charge in [0.25, 0.3) is 0 Å². The predicted molar refractivity (Wildman–Crippen MR) is 102 cm³/mol. The standard InChI is InChI=1S/C19H25ClN2O4/c1-5-21(17(24)11-20)12-16(23)14-7-6-8-15-13(14)9-10-22(15)18(25)26-19(2,3)4/h6-10,16,23H,5,11-12H2,1-4H3. The number of aromatic nitrogens is 1. The lowest BCUT2D eigenvalue weighted by Crippen LogP contribution is -2.35. The van der Waals surface area contributed by atoms with Crippen molar-refractivity contribution in [2.75, 3.05) is 19.0 Å². The summed E-state index contributed by atoms with van der Waals surface area (Å²) in [7, 11) is 0. The minimum atomic E-state index is -0.889. The zero-order valence-electron chi connectivity index (χ0n) is 15.5. The summed E-state index contributed by atoms with van der Waals surface area (Å²) in [5.74, 6) is -0.355. The van der Waals surface area contributed by atoms with Crippen LogP contribution in [-0.2, 0) is 9.53 Å². The highest BCUT2D eigenvalue weighted by Crippen LogP contribution is 2.27. The van der Waals surface area contributed by atoms with Crippen molar-refractivity contribution in [2.24, 2.45) is 0 Å². The summed E-state index contributed by atoms with van der Waals surface area (Å²) in [6, 6.07) is 7.10. The number of fused-ring (bicyclic) bond motifs is 1. The van der Waals surface area contributed by atoms with E-state index in [1.165, 1.54) is 9.47 Å². The first-order valence-electron chi connectivity index (χ1n) is 8.53. The number of benzene rings is 1. The molecular weight excluding hydrogens is 356 g/mol. The van der Waals surface area contributed by atoms with Gasteiger partial charge < -0.3 is 14.7 Å². The molecule has 2 rings (SSSR count). The van der Waals surface area contributed by atoms with Crippen molar-refractivity contribution in [3.05, 3.63) is 36.0 Å². The number of hydrogen-bond acceptors (Lipinski definition) is 4. The number of amides is 1. The second-order valence-corrected chi connectivity index (χ2v) is 7.30. The Bertz CT molecular complexity index is 794. The van der Waals surface area contributed by atoms with Gasteiger partial charge in [0.2, 0.25) is 5.91 Å². The second kappa shape index (κ2) is 8.10. The van der Waals surface area contributed by atoms with Crippen molar-refractivity contribution in [1.29, 1.82) is 0 Å². The molecule has 1 N–H and O–H groups in total. The molecule has 0 aliphatic carbocycles. The second-order valence-electron chi connectivity index (χ2n) is 7.03. The molecule has 0 radical (unpaired) electrons. The van der Waals surface area contributed by atoms with Crippen LogP contribution in [0.25, 0.3) is 10.9 Å². The van der Waals surface area contributed by atoms with E-state index in [9.17, 15) is 14.7 Å². The molecule has 26 heavy (non-hydrogen) atoms. The van der Waals surface area contributed by atoms with E-state index in [0.717, 1.165) is 5.39 Å². The molecule has 0 fully saturated rings. The third-order valence-electron chi connectivity index (χ3n) is 3.96. The molecule has 1 heterocycles. The number of carbonyl (C=O) groups excluding carboxylic acids is 2. The Morgan fingerprint density at radius 1 is 1.31 bits per heavy atom. The summed E-state index contributed by atoms with van der Waals surface area (Å²) in [5.41, 5.74) is 0.682. The highest BCUT2D eigenvalue weighted by molar-refractivity contribution is 6.27. The van der Waals surface area contributed by atoms with Gasteiger partial charge in [0.15, 0.2) is 0 Å². The molecule has 1 amide bonds. The number of carbonyl (C=O) groups is 2. The molecule has 0 aliphatic rings. The van der Waals surface area contributed by atoms with Gasteiger partial charge in [-0.1, -0.05) is 12.1 Å². The third kappa shape index (κ3) is 4.56. The highest BCUT2D eigenvalue weighted by atomic mass is 35.5. The van der Waals surface area contributed by atoms with Crippen LogP contribution >= 0.6 is 11.6 Å². The summed E-state index contributed by atoms with van der Waals surface area (Å²) in [5, 5.41) is 11.4. The third-order valence-corrected chi connectivity index (χ3v) is 4.19. The van der Waals surface area contributed by atoms with Gasteiger partial charge in [-0.15, -0.1) is 11.6 Å². The first kappa shape index (κ1) is 20.3. The fraction of sp³-hybridized carbons (Fsp3) is 0.474. The zero-order valence-corrected chi connectivity index (χ0v) is 16.3. The predicted octanol–water partition coefficient (Wildman–Crippen LogP) is 3.55. The van der Waals surface area contributed by atoms with Crippen LogP contribution < -0.4 is 0 Å². The fourth-order valence-corrected chi connectivity index (χ4v) is 2.92. The molecule has 0 aliphatic heterocycles. The van der Waals surface area contributed by atoms with E-state index in [2.05, 4.69) is 0 Å². The minimum absolute atomic E-state index is 0.125. The number of halogens is 1. The first-order chi connectivity index (χ1) is 12.2. The lowest BCUT2D eigenvalue weighted by atomic mass is 10.0. The maximum Gasteiger partial charge on any atom is 0.418 e. The van der Waals surface area contributed by atoms with Crippen LogP contribution in [0.2, 0.25) is 0 Å². The number of alkyl halides is 1. The monoisotopic (exact) mass is 380 g/mol. The molecular formula is C19H25ClN2O4. The molecule has 1 atom stereocenters. The van der Waals surface area contributed by atoms with E-state index in [1.54, 1.807) is 51.2 Å². The van der Waals surface area contributed by atoms with Gasteiger partial charge in [0.1, 0.15) is 11.5 Å². The number of aliphatic hydroxyl groups excluding tert-OH is 1. The van der Waals surface area contributed by atoms with Crippen molar-refractivity contribution < 1.29 is 19.4 Å². The van der Waals surface area contributed by atoms with Crippen LogP contribution in [-0.4, -0.2) is 51.1 Å². The largest absolute Gasteiger partial charge is 0.443 e. The normalized spacial score (nSPS) is 12.8.